The summed E-state index contributed by atoms with van der Waals surface area (Å²) in [5.74, 6) is 0.820. The number of carbonyl (C=O) groups excluding carboxylic acids is 1. The Balaban J connectivity index is 0.00000253. The fraction of sp³-hybridized carbons (Fsp3) is 0.424. The van der Waals surface area contributed by atoms with Crippen LogP contribution in [0.3, 0.4) is 0 Å². The summed E-state index contributed by atoms with van der Waals surface area (Å²) in [5, 5.41) is 8.12. The van der Waals surface area contributed by atoms with Crippen LogP contribution in [0.1, 0.15) is 56.0 Å². The van der Waals surface area contributed by atoms with E-state index in [9.17, 15) is 4.79 Å². The highest BCUT2D eigenvalue weighted by molar-refractivity contribution is 5.86. The number of hydrogen-bond acceptors (Lipinski definition) is 6. The Bertz CT molecular complexity index is 1380. The monoisotopic (exact) mass is 626 g/mol. The lowest BCUT2D eigenvalue weighted by atomic mass is 9.88. The molecule has 1 fully saturated rings. The van der Waals surface area contributed by atoms with Crippen LogP contribution in [0.2, 0.25) is 0 Å². The van der Waals surface area contributed by atoms with Crippen LogP contribution in [0.5, 0.6) is 0 Å². The lowest BCUT2D eigenvalue weighted by molar-refractivity contribution is -0.133. The Morgan fingerprint density at radius 2 is 1.58 bits per heavy atom. The Morgan fingerprint density at radius 3 is 2.16 bits per heavy atom. The number of imidazole rings is 1. The summed E-state index contributed by atoms with van der Waals surface area (Å²) in [5.41, 5.74) is 3.14. The highest BCUT2D eigenvalue weighted by atomic mass is 35.5. The first kappa shape index (κ1) is 34.3. The van der Waals surface area contributed by atoms with E-state index in [0.717, 1.165) is 56.9 Å². The van der Waals surface area contributed by atoms with Gasteiger partial charge in [-0.25, -0.2) is 9.50 Å². The summed E-state index contributed by atoms with van der Waals surface area (Å²) in [6.45, 7) is 7.77. The topological polar surface area (TPSA) is 75.0 Å². The van der Waals surface area contributed by atoms with Gasteiger partial charge in [0, 0.05) is 33.7 Å². The van der Waals surface area contributed by atoms with Crippen molar-refractivity contribution in [1.29, 1.82) is 0 Å². The molecule has 0 spiro atoms. The average molecular weight is 628 g/mol. The number of halogens is 2. The fourth-order valence-electron chi connectivity index (χ4n) is 5.53. The molecule has 0 unspecified atom stereocenters. The maximum atomic E-state index is 12.6. The molecule has 8 nitrogen and oxygen atoms in total. The van der Waals surface area contributed by atoms with Crippen molar-refractivity contribution in [3.8, 4) is 0 Å². The van der Waals surface area contributed by atoms with E-state index < -0.39 is 5.41 Å². The first-order chi connectivity index (χ1) is 19.8. The van der Waals surface area contributed by atoms with Crippen molar-refractivity contribution in [2.75, 3.05) is 45.6 Å². The zero-order valence-corrected chi connectivity index (χ0v) is 27.1. The number of nitrogens with one attached hydrogen (secondary N) is 1. The third-order valence-corrected chi connectivity index (χ3v) is 7.93. The summed E-state index contributed by atoms with van der Waals surface area (Å²) in [4.78, 5) is 21.4. The number of aromatic nitrogens is 3. The predicted molar refractivity (Wildman–Crippen MR) is 178 cm³/mol. The second kappa shape index (κ2) is 15.5. The van der Waals surface area contributed by atoms with E-state index in [1.165, 1.54) is 11.1 Å². The maximum Gasteiger partial charge on any atom is 0.233 e. The lowest BCUT2D eigenvalue weighted by Gasteiger charge is -2.34. The molecule has 0 aliphatic carbocycles. The number of fused-ring (bicyclic) bond motifs is 1. The second-order valence-electron chi connectivity index (χ2n) is 11.6. The van der Waals surface area contributed by atoms with Crippen LogP contribution in [-0.2, 0) is 14.9 Å². The Hall–Kier alpha value is -3.17. The van der Waals surface area contributed by atoms with Crippen molar-refractivity contribution < 1.29 is 9.53 Å². The van der Waals surface area contributed by atoms with Gasteiger partial charge in [0.25, 0.3) is 0 Å². The summed E-state index contributed by atoms with van der Waals surface area (Å²) < 4.78 is 8.46. The van der Waals surface area contributed by atoms with E-state index in [-0.39, 0.29) is 42.9 Å². The van der Waals surface area contributed by atoms with Gasteiger partial charge in [0.15, 0.2) is 5.65 Å². The normalized spacial score (nSPS) is 14.3. The van der Waals surface area contributed by atoms with Crippen molar-refractivity contribution in [2.45, 2.75) is 50.7 Å². The lowest BCUT2D eigenvalue weighted by Crippen LogP contribution is -2.39. The molecule has 1 amide bonds. The van der Waals surface area contributed by atoms with Gasteiger partial charge in [-0.05, 0) is 62.9 Å². The fourth-order valence-corrected chi connectivity index (χ4v) is 5.53. The van der Waals surface area contributed by atoms with Crippen LogP contribution in [-0.4, -0.2) is 76.7 Å². The van der Waals surface area contributed by atoms with Crippen molar-refractivity contribution in [2.24, 2.45) is 0 Å². The molecule has 1 N–H and O–H groups in total. The first-order valence-corrected chi connectivity index (χ1v) is 14.6. The number of benzene rings is 2. The van der Waals surface area contributed by atoms with Gasteiger partial charge in [0.2, 0.25) is 5.91 Å². The molecule has 1 aliphatic rings. The number of anilines is 1. The van der Waals surface area contributed by atoms with Crippen molar-refractivity contribution in [3.05, 3.63) is 95.8 Å². The molecule has 5 rings (SSSR count). The molecule has 43 heavy (non-hydrogen) atoms. The van der Waals surface area contributed by atoms with Crippen LogP contribution in [0, 0.1) is 0 Å². The number of likely N-dealkylation sites (tertiary alicyclic amines) is 1. The summed E-state index contributed by atoms with van der Waals surface area (Å²) in [6, 6.07) is 25.0. The van der Waals surface area contributed by atoms with E-state index in [4.69, 9.17) is 4.74 Å². The molecular weight excluding hydrogens is 583 g/mol. The van der Waals surface area contributed by atoms with Crippen LogP contribution in [0.15, 0.2) is 79.0 Å². The van der Waals surface area contributed by atoms with E-state index in [0.29, 0.717) is 5.69 Å². The highest BCUT2D eigenvalue weighted by Gasteiger charge is 2.34. The minimum Gasteiger partial charge on any atom is -0.369 e. The number of rotatable bonds is 11. The van der Waals surface area contributed by atoms with Crippen LogP contribution < -0.4 is 5.32 Å². The summed E-state index contributed by atoms with van der Waals surface area (Å²) in [7, 11) is 3.53. The zero-order chi connectivity index (χ0) is 28.8. The molecular formula is C33H44Cl2N6O2. The van der Waals surface area contributed by atoms with Gasteiger partial charge in [0.05, 0.1) is 23.4 Å². The molecule has 3 heterocycles. The molecule has 0 radical (unpaired) electrons. The Morgan fingerprint density at radius 1 is 0.977 bits per heavy atom. The Kier molecular flexibility index (Phi) is 12.4. The van der Waals surface area contributed by atoms with Crippen molar-refractivity contribution >= 4 is 42.2 Å². The second-order valence-corrected chi connectivity index (χ2v) is 11.6. The van der Waals surface area contributed by atoms with Crippen molar-refractivity contribution in [3.63, 3.8) is 0 Å². The number of amides is 1. The van der Waals surface area contributed by atoms with Gasteiger partial charge in [-0.15, -0.1) is 29.9 Å². The molecule has 0 atom stereocenters. The van der Waals surface area contributed by atoms with Gasteiger partial charge >= 0.3 is 0 Å². The van der Waals surface area contributed by atoms with Gasteiger partial charge in [-0.2, -0.15) is 0 Å². The smallest absolute Gasteiger partial charge is 0.233 e. The van der Waals surface area contributed by atoms with E-state index in [1.807, 2.05) is 32.2 Å². The van der Waals surface area contributed by atoms with Crippen LogP contribution in [0.4, 0.5) is 5.82 Å². The minimum absolute atomic E-state index is 0. The molecule has 1 aliphatic heterocycles. The number of piperidine rings is 1. The van der Waals surface area contributed by atoms with Gasteiger partial charge in [-0.1, -0.05) is 60.7 Å². The molecule has 10 heteroatoms. The SMILES string of the molecule is CN(C)C(=O)C(C)(C)c1cn2nc(NCCCN3CCC(OC(c4ccccc4)c4ccccc4)CC3)ccc2n1.Cl.Cl. The molecule has 2 aromatic carbocycles. The molecule has 0 bridgehead atoms. The number of ether oxygens (including phenoxy) is 1. The molecule has 2 aromatic heterocycles. The molecule has 0 saturated carbocycles. The van der Waals surface area contributed by atoms with E-state index >= 15 is 0 Å². The maximum absolute atomic E-state index is 12.6. The summed E-state index contributed by atoms with van der Waals surface area (Å²) in [6.07, 6.45) is 5.18. The highest BCUT2D eigenvalue weighted by Crippen LogP contribution is 2.30. The quantitative estimate of drug-likeness (QED) is 0.205. The number of carbonyl (C=O) groups is 1. The number of nitrogens with zero attached hydrogens (tertiary/aromatic N) is 5. The minimum atomic E-state index is -0.715. The molecule has 1 saturated heterocycles. The molecule has 232 valence electrons. The third-order valence-electron chi connectivity index (χ3n) is 7.93. The first-order valence-electron chi connectivity index (χ1n) is 14.6. The third kappa shape index (κ3) is 8.48. The van der Waals surface area contributed by atoms with Crippen LogP contribution in [0.25, 0.3) is 5.65 Å². The Labute approximate surface area is 267 Å². The van der Waals surface area contributed by atoms with Gasteiger partial charge in [-0.3, -0.25) is 4.79 Å². The largest absolute Gasteiger partial charge is 0.369 e. The van der Waals surface area contributed by atoms with Crippen LogP contribution >= 0.6 is 24.8 Å². The van der Waals surface area contributed by atoms with E-state index in [1.54, 1.807) is 23.5 Å². The number of hydrogen-bond donors (Lipinski definition) is 1. The average Bonchev–Trinajstić information content (AvgIpc) is 3.44. The summed E-state index contributed by atoms with van der Waals surface area (Å²) >= 11 is 0. The number of likely N-dealkylation sites (N-methyl/N-ethyl adjacent to an activating group) is 1. The molecule has 4 aromatic rings. The van der Waals surface area contributed by atoms with E-state index in [2.05, 4.69) is 81.0 Å². The standard InChI is InChI=1S/C33H42N6O2.2ClH/c1-33(2,32(40)37(3)4)28-24-39-30(35-28)17-16-29(36-39)34-20-11-21-38-22-18-27(19-23-38)41-31(25-12-7-5-8-13-25)26-14-9-6-10-15-26;;/h5-10,12-17,24,27,31H,11,18-23H2,1-4H3,(H,34,36);2*1H. The predicted octanol–water partition coefficient (Wildman–Crippen LogP) is 6.01. The van der Waals surface area contributed by atoms with Gasteiger partial charge in [0.1, 0.15) is 11.9 Å². The van der Waals surface area contributed by atoms with Crippen molar-refractivity contribution in [1.82, 2.24) is 24.4 Å². The zero-order valence-electron chi connectivity index (χ0n) is 25.5. The van der Waals surface area contributed by atoms with Gasteiger partial charge < -0.3 is 19.9 Å².